The van der Waals surface area contributed by atoms with E-state index in [1.54, 1.807) is 0 Å². The monoisotopic (exact) mass is 518 g/mol. The first-order valence-corrected chi connectivity index (χ1v) is 15.4. The van der Waals surface area contributed by atoms with E-state index in [0.717, 1.165) is 51.4 Å². The molecule has 4 rings (SSSR count). The van der Waals surface area contributed by atoms with Crippen LogP contribution in [-0.4, -0.2) is 47.3 Å². The van der Waals surface area contributed by atoms with Crippen LogP contribution in [-0.2, 0) is 9.59 Å². The van der Waals surface area contributed by atoms with E-state index in [2.05, 4.69) is 31.4 Å². The Bertz CT molecular complexity index is 804. The summed E-state index contributed by atoms with van der Waals surface area (Å²) in [6.45, 7) is 10.3. The quantitative estimate of drug-likeness (QED) is 0.312. The van der Waals surface area contributed by atoms with Gasteiger partial charge in [-0.3, -0.25) is 9.59 Å². The third kappa shape index (κ3) is 6.05. The third-order valence-corrected chi connectivity index (χ3v) is 11.8. The number of rotatable bonds is 10. The van der Waals surface area contributed by atoms with Gasteiger partial charge in [0.15, 0.2) is 0 Å². The lowest BCUT2D eigenvalue weighted by atomic mass is 9.43. The Labute approximate surface area is 225 Å². The lowest BCUT2D eigenvalue weighted by Crippen LogP contribution is -2.58. The molecule has 10 atom stereocenters. The minimum Gasteiger partial charge on any atom is -0.393 e. The maximum atomic E-state index is 12.5. The molecule has 0 aliphatic heterocycles. The smallest absolute Gasteiger partial charge is 0.220 e. The van der Waals surface area contributed by atoms with Crippen LogP contribution in [0.3, 0.4) is 0 Å². The predicted octanol–water partition coefficient (Wildman–Crippen LogP) is 4.82. The highest BCUT2D eigenvalue weighted by molar-refractivity contribution is 5.75. The van der Waals surface area contributed by atoms with Gasteiger partial charge >= 0.3 is 0 Å². The van der Waals surface area contributed by atoms with Gasteiger partial charge in [-0.25, -0.2) is 0 Å². The van der Waals surface area contributed by atoms with Crippen LogP contribution in [0, 0.1) is 46.3 Å². The molecule has 4 saturated carbocycles. The molecule has 0 spiro atoms. The highest BCUT2D eigenvalue weighted by Gasteiger charge is 2.62. The molecule has 4 N–H and O–H groups in total. The van der Waals surface area contributed by atoms with Gasteiger partial charge < -0.3 is 20.8 Å². The standard InChI is InChI=1S/C31H54N2O4/c1-20(8-11-28(37)33-17-7-5-6-16-32-21(2)34)24-9-10-25-29-26(13-15-31(24,25)4)30(3)14-12-23(35)18-22(30)19-27(29)36/h20,22-27,29,35-36H,5-19H2,1-4H3,(H,32,34)(H,33,37)/t20-,22+,23-,24-,25+,26+,27-,29+,30+,31-/m1/s1. The summed E-state index contributed by atoms with van der Waals surface area (Å²) < 4.78 is 0. The average Bonchev–Trinajstić information content (AvgIpc) is 3.20. The van der Waals surface area contributed by atoms with E-state index in [1.165, 1.54) is 32.6 Å². The normalized spacial score (nSPS) is 41.7. The molecule has 0 aromatic heterocycles. The van der Waals surface area contributed by atoms with Crippen molar-refractivity contribution < 1.29 is 19.8 Å². The molecule has 0 unspecified atom stereocenters. The van der Waals surface area contributed by atoms with Gasteiger partial charge in [-0.05, 0) is 123 Å². The molecule has 0 aromatic rings. The number of fused-ring (bicyclic) bond motifs is 5. The van der Waals surface area contributed by atoms with Crippen molar-refractivity contribution in [3.05, 3.63) is 0 Å². The molecule has 37 heavy (non-hydrogen) atoms. The van der Waals surface area contributed by atoms with Crippen molar-refractivity contribution in [2.24, 2.45) is 46.3 Å². The summed E-state index contributed by atoms with van der Waals surface area (Å²) in [6.07, 6.45) is 12.7. The number of hydrogen-bond donors (Lipinski definition) is 4. The van der Waals surface area contributed by atoms with Crippen LogP contribution >= 0.6 is 0 Å². The minimum absolute atomic E-state index is 0.0145. The van der Waals surface area contributed by atoms with Crippen LogP contribution in [0.25, 0.3) is 0 Å². The van der Waals surface area contributed by atoms with Crippen LogP contribution in [0.1, 0.15) is 111 Å². The Morgan fingerprint density at radius 3 is 2.30 bits per heavy atom. The van der Waals surface area contributed by atoms with Crippen LogP contribution in [0.4, 0.5) is 0 Å². The van der Waals surface area contributed by atoms with Crippen molar-refractivity contribution in [1.29, 1.82) is 0 Å². The second-order valence-electron chi connectivity index (χ2n) is 13.9. The SMILES string of the molecule is CC(=O)NCCCCCNC(=O)CC[C@@H](C)[C@H]1CC[C@H]2[C@@H]3[C@H](O)C[C@@H]4C[C@H](O)CC[C@]4(C)[C@H]3CC[C@]12C. The van der Waals surface area contributed by atoms with Crippen LogP contribution < -0.4 is 10.6 Å². The summed E-state index contributed by atoms with van der Waals surface area (Å²) in [5, 5.41) is 27.6. The highest BCUT2D eigenvalue weighted by atomic mass is 16.3. The summed E-state index contributed by atoms with van der Waals surface area (Å²) in [4.78, 5) is 23.4. The van der Waals surface area contributed by atoms with E-state index >= 15 is 0 Å². The molecule has 4 aliphatic rings. The first-order valence-electron chi connectivity index (χ1n) is 15.4. The molecular formula is C31H54N2O4. The van der Waals surface area contributed by atoms with Gasteiger partial charge in [-0.2, -0.15) is 0 Å². The molecule has 0 heterocycles. The molecule has 4 aliphatic carbocycles. The van der Waals surface area contributed by atoms with Crippen LogP contribution in [0.2, 0.25) is 0 Å². The Hall–Kier alpha value is -1.14. The predicted molar refractivity (Wildman–Crippen MR) is 147 cm³/mol. The number of hydrogen-bond acceptors (Lipinski definition) is 4. The molecule has 0 aromatic carbocycles. The fourth-order valence-corrected chi connectivity index (χ4v) is 9.74. The Kier molecular flexibility index (Phi) is 9.31. The number of aliphatic hydroxyl groups is 2. The fourth-order valence-electron chi connectivity index (χ4n) is 9.74. The molecule has 0 radical (unpaired) electrons. The first kappa shape index (κ1) is 28.9. The van der Waals surface area contributed by atoms with Gasteiger partial charge in [-0.1, -0.05) is 20.8 Å². The topological polar surface area (TPSA) is 98.7 Å². The van der Waals surface area contributed by atoms with Crippen LogP contribution in [0.15, 0.2) is 0 Å². The molecule has 0 bridgehead atoms. The molecule has 4 fully saturated rings. The maximum Gasteiger partial charge on any atom is 0.220 e. The first-order chi connectivity index (χ1) is 17.6. The summed E-state index contributed by atoms with van der Waals surface area (Å²) in [5.74, 6) is 3.37. The van der Waals surface area contributed by atoms with Crippen molar-refractivity contribution >= 4 is 11.8 Å². The molecule has 0 saturated heterocycles. The van der Waals surface area contributed by atoms with Crippen molar-refractivity contribution in [3.63, 3.8) is 0 Å². The number of carbonyl (C=O) groups excluding carboxylic acids is 2. The average molecular weight is 519 g/mol. The molecule has 6 heteroatoms. The molecule has 6 nitrogen and oxygen atoms in total. The lowest BCUT2D eigenvalue weighted by molar-refractivity contribution is -0.174. The largest absolute Gasteiger partial charge is 0.393 e. The zero-order valence-corrected chi connectivity index (χ0v) is 23.9. The Balaban J connectivity index is 1.26. The molecular weight excluding hydrogens is 464 g/mol. The van der Waals surface area contributed by atoms with E-state index in [1.807, 2.05) is 0 Å². The fraction of sp³-hybridized carbons (Fsp3) is 0.935. The Morgan fingerprint density at radius 1 is 0.892 bits per heavy atom. The molecule has 212 valence electrons. The van der Waals surface area contributed by atoms with Crippen molar-refractivity contribution in [3.8, 4) is 0 Å². The van der Waals surface area contributed by atoms with Gasteiger partial charge in [0.2, 0.25) is 11.8 Å². The van der Waals surface area contributed by atoms with Gasteiger partial charge in [0, 0.05) is 26.4 Å². The lowest BCUT2D eigenvalue weighted by Gasteiger charge is -2.62. The summed E-state index contributed by atoms with van der Waals surface area (Å²) in [7, 11) is 0. The minimum atomic E-state index is -0.226. The maximum absolute atomic E-state index is 12.5. The number of amides is 2. The number of aliphatic hydroxyl groups excluding tert-OH is 2. The van der Waals surface area contributed by atoms with Gasteiger partial charge in [-0.15, -0.1) is 0 Å². The van der Waals surface area contributed by atoms with Crippen molar-refractivity contribution in [2.75, 3.05) is 13.1 Å². The van der Waals surface area contributed by atoms with E-state index in [-0.39, 0.29) is 34.9 Å². The number of unbranched alkanes of at least 4 members (excludes halogenated alkanes) is 2. The second-order valence-corrected chi connectivity index (χ2v) is 13.9. The van der Waals surface area contributed by atoms with Gasteiger partial charge in [0.05, 0.1) is 12.2 Å². The van der Waals surface area contributed by atoms with E-state index in [9.17, 15) is 19.8 Å². The van der Waals surface area contributed by atoms with Crippen molar-refractivity contribution in [1.82, 2.24) is 10.6 Å². The molecule has 2 amide bonds. The summed E-state index contributed by atoms with van der Waals surface area (Å²) >= 11 is 0. The van der Waals surface area contributed by atoms with Crippen LogP contribution in [0.5, 0.6) is 0 Å². The summed E-state index contributed by atoms with van der Waals surface area (Å²) in [6, 6.07) is 0. The third-order valence-electron chi connectivity index (χ3n) is 11.8. The zero-order valence-electron chi connectivity index (χ0n) is 23.9. The second kappa shape index (κ2) is 11.9. The van der Waals surface area contributed by atoms with Gasteiger partial charge in [0.1, 0.15) is 0 Å². The summed E-state index contributed by atoms with van der Waals surface area (Å²) in [5.41, 5.74) is 0.541. The number of nitrogens with one attached hydrogen (secondary N) is 2. The van der Waals surface area contributed by atoms with Crippen molar-refractivity contribution in [2.45, 2.75) is 123 Å². The van der Waals surface area contributed by atoms with E-state index in [0.29, 0.717) is 55.0 Å². The highest BCUT2D eigenvalue weighted by Crippen LogP contribution is 2.68. The van der Waals surface area contributed by atoms with E-state index < -0.39 is 0 Å². The zero-order chi connectivity index (χ0) is 26.8. The Morgan fingerprint density at radius 2 is 1.57 bits per heavy atom. The van der Waals surface area contributed by atoms with E-state index in [4.69, 9.17) is 0 Å². The number of carbonyl (C=O) groups is 2. The van der Waals surface area contributed by atoms with Gasteiger partial charge in [0.25, 0.3) is 0 Å².